The molecular formula is C15H13NO2. The van der Waals surface area contributed by atoms with Crippen molar-refractivity contribution in [2.24, 2.45) is 0 Å². The third-order valence-electron chi connectivity index (χ3n) is 3.07. The maximum absolute atomic E-state index is 12.1. The van der Waals surface area contributed by atoms with Gasteiger partial charge in [0.1, 0.15) is 5.75 Å². The highest BCUT2D eigenvalue weighted by atomic mass is 16.5. The van der Waals surface area contributed by atoms with Crippen LogP contribution in [0.3, 0.4) is 0 Å². The largest absolute Gasteiger partial charge is 0.454 e. The van der Waals surface area contributed by atoms with Crippen LogP contribution in [0.4, 0.5) is 5.69 Å². The van der Waals surface area contributed by atoms with Crippen LogP contribution in [0.5, 0.6) is 11.5 Å². The molecule has 3 nitrogen and oxygen atoms in total. The predicted octanol–water partition coefficient (Wildman–Crippen LogP) is 3.61. The van der Waals surface area contributed by atoms with Gasteiger partial charge in [-0.1, -0.05) is 31.2 Å². The van der Waals surface area contributed by atoms with E-state index in [0.29, 0.717) is 22.7 Å². The molecule has 1 aliphatic rings. The normalized spacial score (nSPS) is 12.8. The van der Waals surface area contributed by atoms with Gasteiger partial charge in [0.05, 0.1) is 11.3 Å². The van der Waals surface area contributed by atoms with E-state index in [9.17, 15) is 4.79 Å². The summed E-state index contributed by atoms with van der Waals surface area (Å²) in [5.74, 6) is 1.23. The van der Waals surface area contributed by atoms with Crippen LogP contribution >= 0.6 is 0 Å². The molecule has 0 radical (unpaired) electrons. The summed E-state index contributed by atoms with van der Waals surface area (Å²) in [6.07, 6.45) is 0.832. The highest BCUT2D eigenvalue weighted by Gasteiger charge is 2.21. The molecule has 1 amide bonds. The monoisotopic (exact) mass is 239 g/mol. The second kappa shape index (κ2) is 4.18. The van der Waals surface area contributed by atoms with Gasteiger partial charge in [-0.05, 0) is 30.2 Å². The number of rotatable bonds is 1. The first-order valence-electron chi connectivity index (χ1n) is 5.99. The lowest BCUT2D eigenvalue weighted by Gasteiger charge is -2.10. The molecular weight excluding hydrogens is 226 g/mol. The third-order valence-corrected chi connectivity index (χ3v) is 3.07. The van der Waals surface area contributed by atoms with E-state index in [-0.39, 0.29) is 5.91 Å². The van der Waals surface area contributed by atoms with Crippen LogP contribution in [0.2, 0.25) is 0 Å². The van der Waals surface area contributed by atoms with Gasteiger partial charge in [-0.3, -0.25) is 4.79 Å². The molecule has 0 saturated heterocycles. The topological polar surface area (TPSA) is 38.3 Å². The van der Waals surface area contributed by atoms with Gasteiger partial charge in [0, 0.05) is 0 Å². The van der Waals surface area contributed by atoms with Crippen molar-refractivity contribution in [2.45, 2.75) is 13.3 Å². The van der Waals surface area contributed by atoms with E-state index in [1.165, 1.54) is 0 Å². The Labute approximate surface area is 105 Å². The van der Waals surface area contributed by atoms with Gasteiger partial charge in [0.15, 0.2) is 5.75 Å². The second-order valence-electron chi connectivity index (χ2n) is 4.20. The fraction of sp³-hybridized carbons (Fsp3) is 0.133. The van der Waals surface area contributed by atoms with E-state index in [2.05, 4.69) is 5.32 Å². The van der Waals surface area contributed by atoms with Crippen molar-refractivity contribution in [1.29, 1.82) is 0 Å². The van der Waals surface area contributed by atoms with E-state index >= 15 is 0 Å². The van der Waals surface area contributed by atoms with Crippen LogP contribution in [0.15, 0.2) is 42.5 Å². The Balaban J connectivity index is 2.20. The standard InChI is InChI=1S/C15H13NO2/c1-2-10-6-5-7-11-14(10)18-13-9-4-3-8-12(13)16-15(11)17/h3-9H,2H2,1H3,(H,16,17). The van der Waals surface area contributed by atoms with Crippen molar-refractivity contribution in [3.63, 3.8) is 0 Å². The molecule has 1 heterocycles. The SMILES string of the molecule is CCc1cccc2c1Oc1ccccc1NC2=O. The average Bonchev–Trinajstić information content (AvgIpc) is 2.54. The van der Waals surface area contributed by atoms with E-state index in [1.54, 1.807) is 6.07 Å². The minimum absolute atomic E-state index is 0.120. The maximum atomic E-state index is 12.1. The molecule has 1 aliphatic heterocycles. The number of hydrogen-bond acceptors (Lipinski definition) is 2. The molecule has 0 saturated carbocycles. The molecule has 1 N–H and O–H groups in total. The summed E-state index contributed by atoms with van der Waals surface area (Å²) in [5, 5.41) is 2.87. The lowest BCUT2D eigenvalue weighted by molar-refractivity contribution is 0.102. The van der Waals surface area contributed by atoms with Gasteiger partial charge in [-0.25, -0.2) is 0 Å². The summed E-state index contributed by atoms with van der Waals surface area (Å²) in [6, 6.07) is 13.1. The first-order valence-corrected chi connectivity index (χ1v) is 5.99. The maximum Gasteiger partial charge on any atom is 0.259 e. The molecule has 0 bridgehead atoms. The number of anilines is 1. The first-order chi connectivity index (χ1) is 8.79. The fourth-order valence-corrected chi connectivity index (χ4v) is 2.12. The molecule has 90 valence electrons. The number of amides is 1. The third kappa shape index (κ3) is 1.64. The number of aryl methyl sites for hydroxylation is 1. The molecule has 0 atom stereocenters. The fourth-order valence-electron chi connectivity index (χ4n) is 2.12. The lowest BCUT2D eigenvalue weighted by Crippen LogP contribution is -2.10. The van der Waals surface area contributed by atoms with Crippen molar-refractivity contribution in [2.75, 3.05) is 5.32 Å². The first kappa shape index (κ1) is 10.8. The Bertz CT molecular complexity index is 620. The number of nitrogens with one attached hydrogen (secondary N) is 1. The Hall–Kier alpha value is -2.29. The molecule has 0 aliphatic carbocycles. The molecule has 0 unspecified atom stereocenters. The number of hydrogen-bond donors (Lipinski definition) is 1. The molecule has 3 rings (SSSR count). The van der Waals surface area contributed by atoms with Crippen LogP contribution in [-0.2, 0) is 6.42 Å². The van der Waals surface area contributed by atoms with Crippen LogP contribution in [0.25, 0.3) is 0 Å². The van der Waals surface area contributed by atoms with Gasteiger partial charge in [0.25, 0.3) is 5.91 Å². The van der Waals surface area contributed by atoms with Crippen molar-refractivity contribution < 1.29 is 9.53 Å². The number of fused-ring (bicyclic) bond motifs is 2. The van der Waals surface area contributed by atoms with Crippen LogP contribution in [-0.4, -0.2) is 5.91 Å². The van der Waals surface area contributed by atoms with Gasteiger partial charge >= 0.3 is 0 Å². The van der Waals surface area contributed by atoms with Gasteiger partial charge < -0.3 is 10.1 Å². The summed E-state index contributed by atoms with van der Waals surface area (Å²) in [5.41, 5.74) is 2.34. The van der Waals surface area contributed by atoms with Crippen molar-refractivity contribution in [1.82, 2.24) is 0 Å². The second-order valence-corrected chi connectivity index (χ2v) is 4.20. The minimum Gasteiger partial charge on any atom is -0.454 e. The van der Waals surface area contributed by atoms with Crippen LogP contribution in [0, 0.1) is 0 Å². The van der Waals surface area contributed by atoms with Crippen molar-refractivity contribution in [3.05, 3.63) is 53.6 Å². The molecule has 0 fully saturated rings. The summed E-state index contributed by atoms with van der Waals surface area (Å²) in [7, 11) is 0. The minimum atomic E-state index is -0.120. The van der Waals surface area contributed by atoms with Crippen LogP contribution < -0.4 is 10.1 Å². The predicted molar refractivity (Wildman–Crippen MR) is 70.3 cm³/mol. The highest BCUT2D eigenvalue weighted by molar-refractivity contribution is 6.08. The molecule has 0 aromatic heterocycles. The Morgan fingerprint density at radius 3 is 2.78 bits per heavy atom. The number of carbonyl (C=O) groups is 1. The molecule has 18 heavy (non-hydrogen) atoms. The number of ether oxygens (including phenoxy) is 1. The summed E-state index contributed by atoms with van der Waals surface area (Å²) in [6.45, 7) is 2.05. The Morgan fingerprint density at radius 2 is 1.94 bits per heavy atom. The average molecular weight is 239 g/mol. The quantitative estimate of drug-likeness (QED) is 0.825. The Morgan fingerprint density at radius 1 is 1.11 bits per heavy atom. The van der Waals surface area contributed by atoms with Gasteiger partial charge in [-0.15, -0.1) is 0 Å². The number of carbonyl (C=O) groups excluding carboxylic acids is 1. The van der Waals surface area contributed by atoms with Gasteiger partial charge in [0.2, 0.25) is 0 Å². The molecule has 0 spiro atoms. The molecule has 3 heteroatoms. The summed E-state index contributed by atoms with van der Waals surface area (Å²) >= 11 is 0. The molecule has 2 aromatic carbocycles. The van der Waals surface area contributed by atoms with E-state index < -0.39 is 0 Å². The number of para-hydroxylation sites is 3. The zero-order chi connectivity index (χ0) is 12.5. The highest BCUT2D eigenvalue weighted by Crippen LogP contribution is 2.37. The molecule has 2 aromatic rings. The Kier molecular flexibility index (Phi) is 2.52. The zero-order valence-corrected chi connectivity index (χ0v) is 10.1. The van der Waals surface area contributed by atoms with Crippen LogP contribution in [0.1, 0.15) is 22.8 Å². The van der Waals surface area contributed by atoms with E-state index in [4.69, 9.17) is 4.74 Å². The van der Waals surface area contributed by atoms with E-state index in [0.717, 1.165) is 12.0 Å². The lowest BCUT2D eigenvalue weighted by atomic mass is 10.1. The smallest absolute Gasteiger partial charge is 0.259 e. The van der Waals surface area contributed by atoms with Crippen molar-refractivity contribution >= 4 is 11.6 Å². The number of benzene rings is 2. The summed E-state index contributed by atoms with van der Waals surface area (Å²) < 4.78 is 5.91. The zero-order valence-electron chi connectivity index (χ0n) is 10.1. The van der Waals surface area contributed by atoms with E-state index in [1.807, 2.05) is 43.3 Å². The van der Waals surface area contributed by atoms with Gasteiger partial charge in [-0.2, -0.15) is 0 Å². The van der Waals surface area contributed by atoms with Crippen molar-refractivity contribution in [3.8, 4) is 11.5 Å². The summed E-state index contributed by atoms with van der Waals surface area (Å²) in [4.78, 5) is 12.1.